The summed E-state index contributed by atoms with van der Waals surface area (Å²) in [7, 11) is 0. The van der Waals surface area contributed by atoms with Gasteiger partial charge in [-0.2, -0.15) is 0 Å². The van der Waals surface area contributed by atoms with Gasteiger partial charge in [0.1, 0.15) is 0 Å². The number of carbonyl (C=O) groups is 2. The zero-order valence-electron chi connectivity index (χ0n) is 10.7. The Hall–Kier alpha value is -0.630. The van der Waals surface area contributed by atoms with Crippen LogP contribution in [0.2, 0.25) is 0 Å². The molecular weight excluding hydrogens is 425 g/mol. The molecule has 1 N–H and O–H groups in total. The van der Waals surface area contributed by atoms with Crippen LogP contribution in [-0.2, 0) is 4.79 Å². The molecular formula is C13H15BrINO3. The number of hydrogen-bond acceptors (Lipinski definition) is 2. The molecule has 104 valence electrons. The Morgan fingerprint density at radius 1 is 1.42 bits per heavy atom. The van der Waals surface area contributed by atoms with Gasteiger partial charge in [0.25, 0.3) is 5.91 Å². The highest BCUT2D eigenvalue weighted by Gasteiger charge is 2.21. The summed E-state index contributed by atoms with van der Waals surface area (Å²) >= 11 is 5.50. The van der Waals surface area contributed by atoms with Gasteiger partial charge in [0, 0.05) is 20.6 Å². The number of carbonyl (C=O) groups excluding carboxylic acids is 1. The highest BCUT2D eigenvalue weighted by Crippen LogP contribution is 2.22. The van der Waals surface area contributed by atoms with E-state index >= 15 is 0 Å². The van der Waals surface area contributed by atoms with Crippen molar-refractivity contribution >= 4 is 50.4 Å². The van der Waals surface area contributed by atoms with E-state index < -0.39 is 5.97 Å². The number of rotatable bonds is 5. The number of carboxylic acid groups (broad SMARTS) is 1. The second kappa shape index (κ2) is 7.23. The first-order valence-electron chi connectivity index (χ1n) is 5.80. The molecule has 0 heterocycles. The number of benzene rings is 1. The Bertz CT molecular complexity index is 491. The number of aliphatic carboxylic acids is 1. The summed E-state index contributed by atoms with van der Waals surface area (Å²) in [5, 5.41) is 8.75. The molecule has 1 aromatic carbocycles. The lowest BCUT2D eigenvalue weighted by Crippen LogP contribution is -2.38. The molecule has 1 amide bonds. The SMILES string of the molecule is CC(C)N(CCC(=O)O)C(=O)c1cc(I)ccc1Br. The predicted molar refractivity (Wildman–Crippen MR) is 85.3 cm³/mol. The molecule has 0 saturated carbocycles. The quantitative estimate of drug-likeness (QED) is 0.715. The van der Waals surface area contributed by atoms with Crippen molar-refractivity contribution in [1.29, 1.82) is 0 Å². The largest absolute Gasteiger partial charge is 0.481 e. The predicted octanol–water partition coefficient (Wildman–Crippen LogP) is 3.38. The molecule has 0 unspecified atom stereocenters. The van der Waals surface area contributed by atoms with Crippen LogP contribution in [0, 0.1) is 3.57 Å². The number of nitrogens with zero attached hydrogens (tertiary/aromatic N) is 1. The molecule has 0 atom stereocenters. The Kier molecular flexibility index (Phi) is 6.25. The number of carboxylic acids is 1. The van der Waals surface area contributed by atoms with Gasteiger partial charge >= 0.3 is 5.97 Å². The van der Waals surface area contributed by atoms with Crippen LogP contribution in [-0.4, -0.2) is 34.5 Å². The molecule has 0 spiro atoms. The minimum atomic E-state index is -0.903. The zero-order chi connectivity index (χ0) is 14.6. The van der Waals surface area contributed by atoms with E-state index in [9.17, 15) is 9.59 Å². The number of amides is 1. The average Bonchev–Trinajstić information content (AvgIpc) is 2.31. The molecule has 4 nitrogen and oxygen atoms in total. The summed E-state index contributed by atoms with van der Waals surface area (Å²) in [5.74, 6) is -1.05. The summed E-state index contributed by atoms with van der Waals surface area (Å²) < 4.78 is 1.69. The van der Waals surface area contributed by atoms with E-state index in [1.54, 1.807) is 11.0 Å². The van der Waals surface area contributed by atoms with Crippen LogP contribution >= 0.6 is 38.5 Å². The minimum Gasteiger partial charge on any atom is -0.481 e. The lowest BCUT2D eigenvalue weighted by Gasteiger charge is -2.26. The van der Waals surface area contributed by atoms with Gasteiger partial charge in [-0.05, 0) is 70.6 Å². The third-order valence-corrected chi connectivity index (χ3v) is 3.97. The molecule has 0 aliphatic rings. The van der Waals surface area contributed by atoms with Crippen LogP contribution in [0.15, 0.2) is 22.7 Å². The maximum absolute atomic E-state index is 12.5. The minimum absolute atomic E-state index is 0.0448. The molecule has 0 aliphatic heterocycles. The molecule has 6 heteroatoms. The topological polar surface area (TPSA) is 57.6 Å². The van der Waals surface area contributed by atoms with Crippen LogP contribution in [0.5, 0.6) is 0 Å². The Morgan fingerprint density at radius 2 is 2.05 bits per heavy atom. The monoisotopic (exact) mass is 439 g/mol. The van der Waals surface area contributed by atoms with E-state index in [2.05, 4.69) is 38.5 Å². The lowest BCUT2D eigenvalue weighted by atomic mass is 10.1. The van der Waals surface area contributed by atoms with Crippen LogP contribution in [0.3, 0.4) is 0 Å². The fourth-order valence-electron chi connectivity index (χ4n) is 1.63. The normalized spacial score (nSPS) is 10.6. The highest BCUT2D eigenvalue weighted by atomic mass is 127. The van der Waals surface area contributed by atoms with Crippen LogP contribution in [0.1, 0.15) is 30.6 Å². The summed E-state index contributed by atoms with van der Waals surface area (Å²) in [6, 6.07) is 5.48. The van der Waals surface area contributed by atoms with E-state index in [-0.39, 0.29) is 24.9 Å². The average molecular weight is 440 g/mol. The Morgan fingerprint density at radius 3 is 2.58 bits per heavy atom. The van der Waals surface area contributed by atoms with Crippen molar-refractivity contribution in [1.82, 2.24) is 4.90 Å². The summed E-state index contributed by atoms with van der Waals surface area (Å²) in [4.78, 5) is 24.7. The molecule has 1 aromatic rings. The molecule has 0 bridgehead atoms. The van der Waals surface area contributed by atoms with Gasteiger partial charge < -0.3 is 10.0 Å². The van der Waals surface area contributed by atoms with Gasteiger partial charge in [-0.1, -0.05) is 0 Å². The third-order valence-electron chi connectivity index (χ3n) is 2.61. The van der Waals surface area contributed by atoms with Crippen LogP contribution in [0.4, 0.5) is 0 Å². The molecule has 19 heavy (non-hydrogen) atoms. The third kappa shape index (κ3) is 4.76. The van der Waals surface area contributed by atoms with Gasteiger partial charge in [-0.15, -0.1) is 0 Å². The van der Waals surface area contributed by atoms with E-state index in [0.29, 0.717) is 5.56 Å². The maximum atomic E-state index is 12.5. The van der Waals surface area contributed by atoms with Crippen molar-refractivity contribution in [3.05, 3.63) is 31.8 Å². The molecule has 1 rings (SSSR count). The first-order chi connectivity index (χ1) is 8.82. The highest BCUT2D eigenvalue weighted by molar-refractivity contribution is 14.1. The zero-order valence-corrected chi connectivity index (χ0v) is 14.4. The summed E-state index contributed by atoms with van der Waals surface area (Å²) in [6.45, 7) is 3.97. The standard InChI is InChI=1S/C13H15BrINO3/c1-8(2)16(6-5-12(17)18)13(19)10-7-9(15)3-4-11(10)14/h3-4,7-8H,5-6H2,1-2H3,(H,17,18). The smallest absolute Gasteiger partial charge is 0.305 e. The van der Waals surface area contributed by atoms with Crippen molar-refractivity contribution < 1.29 is 14.7 Å². The van der Waals surface area contributed by atoms with Gasteiger partial charge in [-0.25, -0.2) is 0 Å². The lowest BCUT2D eigenvalue weighted by molar-refractivity contribution is -0.137. The van der Waals surface area contributed by atoms with Crippen molar-refractivity contribution in [3.8, 4) is 0 Å². The van der Waals surface area contributed by atoms with Crippen LogP contribution < -0.4 is 0 Å². The van der Waals surface area contributed by atoms with E-state index in [0.717, 1.165) is 8.04 Å². The molecule has 0 saturated heterocycles. The van der Waals surface area contributed by atoms with Gasteiger partial charge in [-0.3, -0.25) is 9.59 Å². The van der Waals surface area contributed by atoms with Crippen LogP contribution in [0.25, 0.3) is 0 Å². The molecule has 0 aromatic heterocycles. The molecule has 0 fully saturated rings. The second-order valence-electron chi connectivity index (χ2n) is 4.36. The Labute approximate surface area is 134 Å². The Balaban J connectivity index is 2.99. The molecule has 0 aliphatic carbocycles. The van der Waals surface area contributed by atoms with Crippen molar-refractivity contribution in [2.24, 2.45) is 0 Å². The number of halogens is 2. The van der Waals surface area contributed by atoms with Gasteiger partial charge in [0.15, 0.2) is 0 Å². The molecule has 0 radical (unpaired) electrons. The van der Waals surface area contributed by atoms with E-state index in [4.69, 9.17) is 5.11 Å². The number of hydrogen-bond donors (Lipinski definition) is 1. The second-order valence-corrected chi connectivity index (χ2v) is 6.46. The maximum Gasteiger partial charge on any atom is 0.305 e. The van der Waals surface area contributed by atoms with Crippen molar-refractivity contribution in [2.75, 3.05) is 6.54 Å². The first kappa shape index (κ1) is 16.4. The van der Waals surface area contributed by atoms with Gasteiger partial charge in [0.2, 0.25) is 0 Å². The summed E-state index contributed by atoms with van der Waals surface area (Å²) in [6.07, 6.45) is -0.0501. The van der Waals surface area contributed by atoms with Crippen molar-refractivity contribution in [3.63, 3.8) is 0 Å². The fraction of sp³-hybridized carbons (Fsp3) is 0.385. The first-order valence-corrected chi connectivity index (χ1v) is 7.68. The fourth-order valence-corrected chi connectivity index (χ4v) is 2.53. The van der Waals surface area contributed by atoms with Crippen molar-refractivity contribution in [2.45, 2.75) is 26.3 Å². The van der Waals surface area contributed by atoms with E-state index in [1.165, 1.54) is 0 Å². The summed E-state index contributed by atoms with van der Waals surface area (Å²) in [5.41, 5.74) is 0.561. The van der Waals surface area contributed by atoms with E-state index in [1.807, 2.05) is 26.0 Å². The van der Waals surface area contributed by atoms with Gasteiger partial charge in [0.05, 0.1) is 12.0 Å².